The molecular weight excluding hydrogens is 338 g/mol. The quantitative estimate of drug-likeness (QED) is 0.394. The van der Waals surface area contributed by atoms with Crippen LogP contribution >= 0.6 is 0 Å². The minimum Gasteiger partial charge on any atom is -0.402 e. The lowest BCUT2D eigenvalue weighted by molar-refractivity contribution is -0.384. The zero-order chi connectivity index (χ0) is 18.7. The summed E-state index contributed by atoms with van der Waals surface area (Å²) in [7, 11) is 0. The topological polar surface area (TPSA) is 111 Å². The highest BCUT2D eigenvalue weighted by molar-refractivity contribution is 6.13. The number of carbonyl (C=O) groups excluding carboxylic acids is 2. The molecule has 1 amide bonds. The minimum absolute atomic E-state index is 0.0137. The van der Waals surface area contributed by atoms with E-state index in [4.69, 9.17) is 4.74 Å². The summed E-state index contributed by atoms with van der Waals surface area (Å²) in [5, 5.41) is 13.5. The highest BCUT2D eigenvalue weighted by atomic mass is 16.6. The predicted molar refractivity (Wildman–Crippen MR) is 94.4 cm³/mol. The van der Waals surface area contributed by atoms with Crippen molar-refractivity contribution in [3.8, 4) is 0 Å². The number of aliphatic imine (C=N–C) groups is 1. The summed E-state index contributed by atoms with van der Waals surface area (Å²) < 4.78 is 5.11. The molecule has 1 N–H and O–H groups in total. The number of benzene rings is 2. The van der Waals surface area contributed by atoms with Crippen LogP contribution < -0.4 is 5.32 Å². The van der Waals surface area contributed by atoms with Gasteiger partial charge in [-0.3, -0.25) is 14.9 Å². The molecule has 130 valence electrons. The number of amides is 1. The summed E-state index contributed by atoms with van der Waals surface area (Å²) in [6, 6.07) is 12.5. The Morgan fingerprint density at radius 2 is 1.96 bits per heavy atom. The van der Waals surface area contributed by atoms with Gasteiger partial charge < -0.3 is 10.1 Å². The Hall–Kier alpha value is -3.81. The molecule has 2 aromatic carbocycles. The molecule has 0 spiro atoms. The highest BCUT2D eigenvalue weighted by Crippen LogP contribution is 2.22. The van der Waals surface area contributed by atoms with Crippen LogP contribution in [0, 0.1) is 10.1 Å². The van der Waals surface area contributed by atoms with Crippen LogP contribution in [-0.4, -0.2) is 22.7 Å². The van der Waals surface area contributed by atoms with E-state index in [0.29, 0.717) is 16.8 Å². The van der Waals surface area contributed by atoms with Crippen LogP contribution in [0.15, 0.2) is 59.2 Å². The van der Waals surface area contributed by atoms with E-state index >= 15 is 0 Å². The molecule has 0 saturated heterocycles. The molecule has 26 heavy (non-hydrogen) atoms. The number of nitrogens with zero attached hydrogens (tertiary/aromatic N) is 2. The first kappa shape index (κ1) is 17.0. The number of nitrogens with one attached hydrogen (secondary N) is 1. The molecule has 0 bridgehead atoms. The number of hydrogen-bond acceptors (Lipinski definition) is 6. The second kappa shape index (κ2) is 6.98. The molecule has 8 nitrogen and oxygen atoms in total. The van der Waals surface area contributed by atoms with Gasteiger partial charge in [-0.05, 0) is 29.8 Å². The van der Waals surface area contributed by atoms with Gasteiger partial charge in [-0.15, -0.1) is 0 Å². The van der Waals surface area contributed by atoms with E-state index in [1.54, 1.807) is 30.3 Å². The average molecular weight is 351 g/mol. The second-order valence-electron chi connectivity index (χ2n) is 5.45. The van der Waals surface area contributed by atoms with Crippen molar-refractivity contribution < 1.29 is 19.2 Å². The number of non-ortho nitro benzene ring substituents is 1. The maximum atomic E-state index is 12.0. The van der Waals surface area contributed by atoms with Crippen LogP contribution in [-0.2, 0) is 14.3 Å². The summed E-state index contributed by atoms with van der Waals surface area (Å²) in [4.78, 5) is 37.4. The van der Waals surface area contributed by atoms with Crippen LogP contribution in [0.25, 0.3) is 6.08 Å². The first-order chi connectivity index (χ1) is 12.4. The fraction of sp³-hybridized carbons (Fsp3) is 0.0556. The molecule has 0 atom stereocenters. The third-order valence-electron chi connectivity index (χ3n) is 3.46. The summed E-state index contributed by atoms with van der Waals surface area (Å²) in [5.41, 5.74) is 1.63. The Kier molecular flexibility index (Phi) is 4.57. The Morgan fingerprint density at radius 3 is 2.62 bits per heavy atom. The van der Waals surface area contributed by atoms with Crippen molar-refractivity contribution >= 4 is 35.2 Å². The number of nitro groups is 1. The summed E-state index contributed by atoms with van der Waals surface area (Å²) >= 11 is 0. The van der Waals surface area contributed by atoms with E-state index in [2.05, 4.69) is 10.3 Å². The molecule has 0 fully saturated rings. The molecule has 0 aliphatic carbocycles. The SMILES string of the molecule is CC(=O)Nc1ccc(/C=C2/N=C(c3cccc([N+](=O)[O-])c3)OC2=O)cc1. The Balaban J connectivity index is 1.85. The van der Waals surface area contributed by atoms with Gasteiger partial charge in [-0.1, -0.05) is 18.2 Å². The molecule has 2 aromatic rings. The number of ether oxygens (including phenoxy) is 1. The summed E-state index contributed by atoms with van der Waals surface area (Å²) in [6.07, 6.45) is 1.53. The van der Waals surface area contributed by atoms with Crippen molar-refractivity contribution in [3.05, 3.63) is 75.5 Å². The standard InChI is InChI=1S/C18H13N3O5/c1-11(22)19-14-7-5-12(6-8-14)9-16-18(23)26-17(20-16)13-3-2-4-15(10-13)21(24)25/h2-10H,1H3,(H,19,22)/b16-9+. The molecule has 0 aromatic heterocycles. The van der Waals surface area contributed by atoms with E-state index in [1.807, 2.05) is 0 Å². The van der Waals surface area contributed by atoms with Gasteiger partial charge in [0, 0.05) is 30.3 Å². The van der Waals surface area contributed by atoms with Gasteiger partial charge in [0.05, 0.1) is 4.92 Å². The third-order valence-corrected chi connectivity index (χ3v) is 3.46. The molecule has 1 aliphatic rings. The van der Waals surface area contributed by atoms with E-state index in [-0.39, 0.29) is 23.2 Å². The largest absolute Gasteiger partial charge is 0.402 e. The number of carbonyl (C=O) groups is 2. The molecule has 0 saturated carbocycles. The minimum atomic E-state index is -0.641. The number of rotatable bonds is 4. The average Bonchev–Trinajstić information content (AvgIpc) is 2.97. The van der Waals surface area contributed by atoms with Crippen LogP contribution in [0.1, 0.15) is 18.1 Å². The number of hydrogen-bond donors (Lipinski definition) is 1. The van der Waals surface area contributed by atoms with Gasteiger partial charge >= 0.3 is 5.97 Å². The van der Waals surface area contributed by atoms with Gasteiger partial charge in [0.25, 0.3) is 5.69 Å². The van der Waals surface area contributed by atoms with Crippen LogP contribution in [0.3, 0.4) is 0 Å². The second-order valence-corrected chi connectivity index (χ2v) is 5.45. The van der Waals surface area contributed by atoms with Crippen molar-refractivity contribution in [2.24, 2.45) is 4.99 Å². The lowest BCUT2D eigenvalue weighted by Crippen LogP contribution is -2.06. The van der Waals surface area contributed by atoms with Gasteiger partial charge in [-0.25, -0.2) is 9.79 Å². The lowest BCUT2D eigenvalue weighted by atomic mass is 10.1. The first-order valence-corrected chi connectivity index (χ1v) is 7.57. The van der Waals surface area contributed by atoms with Crippen molar-refractivity contribution in [2.75, 3.05) is 5.32 Å². The fourth-order valence-electron chi connectivity index (χ4n) is 2.31. The van der Waals surface area contributed by atoms with Crippen molar-refractivity contribution in [3.63, 3.8) is 0 Å². The van der Waals surface area contributed by atoms with Gasteiger partial charge in [-0.2, -0.15) is 0 Å². The fourth-order valence-corrected chi connectivity index (χ4v) is 2.31. The van der Waals surface area contributed by atoms with Crippen molar-refractivity contribution in [1.82, 2.24) is 0 Å². The monoisotopic (exact) mass is 351 g/mol. The summed E-state index contributed by atoms with van der Waals surface area (Å²) in [6.45, 7) is 1.41. The van der Waals surface area contributed by atoms with Crippen molar-refractivity contribution in [1.29, 1.82) is 0 Å². The van der Waals surface area contributed by atoms with Crippen LogP contribution in [0.2, 0.25) is 0 Å². The first-order valence-electron chi connectivity index (χ1n) is 7.57. The van der Waals surface area contributed by atoms with Gasteiger partial charge in [0.15, 0.2) is 5.70 Å². The van der Waals surface area contributed by atoms with Gasteiger partial charge in [0.1, 0.15) is 0 Å². The predicted octanol–water partition coefficient (Wildman–Crippen LogP) is 2.90. The molecule has 3 rings (SSSR count). The third kappa shape index (κ3) is 3.81. The number of nitro benzene ring substituents is 1. The number of cyclic esters (lactones) is 1. The van der Waals surface area contributed by atoms with Crippen LogP contribution in [0.5, 0.6) is 0 Å². The van der Waals surface area contributed by atoms with Crippen molar-refractivity contribution in [2.45, 2.75) is 6.92 Å². The zero-order valence-electron chi connectivity index (χ0n) is 13.6. The normalized spacial score (nSPS) is 14.7. The highest BCUT2D eigenvalue weighted by Gasteiger charge is 2.25. The molecule has 1 aliphatic heterocycles. The van der Waals surface area contributed by atoms with Crippen LogP contribution in [0.4, 0.5) is 11.4 Å². The molecule has 0 unspecified atom stereocenters. The Bertz CT molecular complexity index is 961. The lowest BCUT2D eigenvalue weighted by Gasteiger charge is -2.01. The van der Waals surface area contributed by atoms with Gasteiger partial charge in [0.2, 0.25) is 11.8 Å². The number of anilines is 1. The van der Waals surface area contributed by atoms with E-state index < -0.39 is 10.9 Å². The van der Waals surface area contributed by atoms with E-state index in [9.17, 15) is 19.7 Å². The molecule has 1 heterocycles. The maximum Gasteiger partial charge on any atom is 0.363 e. The van der Waals surface area contributed by atoms with E-state index in [0.717, 1.165) is 0 Å². The van der Waals surface area contributed by atoms with E-state index in [1.165, 1.54) is 31.2 Å². The molecular formula is C18H13N3O5. The Labute approximate surface area is 148 Å². The maximum absolute atomic E-state index is 12.0. The zero-order valence-corrected chi connectivity index (χ0v) is 13.6. The summed E-state index contributed by atoms with van der Waals surface area (Å²) in [5.74, 6) is -0.807. The number of esters is 1. The molecule has 0 radical (unpaired) electrons. The Morgan fingerprint density at radius 1 is 1.23 bits per heavy atom. The smallest absolute Gasteiger partial charge is 0.363 e. The molecule has 8 heteroatoms.